The molecule has 1 aromatic rings. The molecule has 132 valence electrons. The number of unbranched alkanes of at least 4 members (excludes halogenated alkanes) is 2. The third-order valence-corrected chi connectivity index (χ3v) is 4.66. The first-order chi connectivity index (χ1) is 11.8. The van der Waals surface area contributed by atoms with E-state index in [1.54, 1.807) is 0 Å². The molecule has 1 aromatic heterocycles. The van der Waals surface area contributed by atoms with Crippen LogP contribution in [0.5, 0.6) is 0 Å². The molecule has 0 saturated carbocycles. The van der Waals surface area contributed by atoms with E-state index in [0.717, 1.165) is 18.8 Å². The molecule has 4 nitrogen and oxygen atoms in total. The maximum atomic E-state index is 4.46. The van der Waals surface area contributed by atoms with Crippen LogP contribution in [0, 0.1) is 0 Å². The first-order valence-electron chi connectivity index (χ1n) is 9.36. The van der Waals surface area contributed by atoms with Gasteiger partial charge < -0.3 is 10.2 Å². The molecule has 4 heteroatoms. The molecule has 2 rings (SSSR count). The zero-order valence-corrected chi connectivity index (χ0v) is 15.5. The number of fused-ring (bicyclic) bond motifs is 1. The van der Waals surface area contributed by atoms with E-state index in [-0.39, 0.29) is 0 Å². The number of nitrogens with zero attached hydrogens (tertiary/aromatic N) is 3. The average Bonchev–Trinajstić information content (AvgIpc) is 2.61. The predicted molar refractivity (Wildman–Crippen MR) is 104 cm³/mol. The van der Waals surface area contributed by atoms with E-state index in [9.17, 15) is 0 Å². The SMILES string of the molecule is CCCCCC(CCC)N(/C=N\C)Cc1ccnc2c1CC=CN2. The van der Waals surface area contributed by atoms with Gasteiger partial charge in [-0.15, -0.1) is 0 Å². The van der Waals surface area contributed by atoms with Crippen LogP contribution < -0.4 is 5.32 Å². The standard InChI is InChI=1S/C20H32N4/c1-4-6-7-10-18(9-5-2)24(16-21-3)15-17-12-14-23-20-19(17)11-8-13-22-20/h8,12-14,16,18H,4-7,9-11,15H2,1-3H3,(H,22,23)/b21-16-. The topological polar surface area (TPSA) is 40.5 Å². The fourth-order valence-corrected chi connectivity index (χ4v) is 3.40. The molecule has 0 spiro atoms. The molecular formula is C20H32N4. The first-order valence-corrected chi connectivity index (χ1v) is 9.36. The Morgan fingerprint density at radius 1 is 1.29 bits per heavy atom. The Labute approximate surface area is 147 Å². The Hall–Kier alpha value is -1.84. The Morgan fingerprint density at radius 2 is 2.17 bits per heavy atom. The number of allylic oxidation sites excluding steroid dienone is 1. The van der Waals surface area contributed by atoms with Gasteiger partial charge in [0.25, 0.3) is 0 Å². The second kappa shape index (κ2) is 10.1. The molecule has 1 atom stereocenters. The van der Waals surface area contributed by atoms with Gasteiger partial charge in [0.2, 0.25) is 0 Å². The number of hydrogen-bond acceptors (Lipinski definition) is 3. The molecule has 1 aliphatic rings. The predicted octanol–water partition coefficient (Wildman–Crippen LogP) is 4.77. The monoisotopic (exact) mass is 328 g/mol. The summed E-state index contributed by atoms with van der Waals surface area (Å²) in [5.41, 5.74) is 2.67. The summed E-state index contributed by atoms with van der Waals surface area (Å²) in [7, 11) is 1.87. The van der Waals surface area contributed by atoms with Gasteiger partial charge in [0.1, 0.15) is 5.82 Å². The number of aromatic nitrogens is 1. The summed E-state index contributed by atoms with van der Waals surface area (Å²) in [4.78, 5) is 11.2. The van der Waals surface area contributed by atoms with Crippen LogP contribution in [-0.2, 0) is 13.0 Å². The fourth-order valence-electron chi connectivity index (χ4n) is 3.40. The third kappa shape index (κ3) is 5.08. The summed E-state index contributed by atoms with van der Waals surface area (Å²) in [6.07, 6.45) is 16.6. The van der Waals surface area contributed by atoms with Crippen molar-refractivity contribution >= 4 is 12.2 Å². The molecule has 0 aromatic carbocycles. The highest BCUT2D eigenvalue weighted by Gasteiger charge is 2.18. The van der Waals surface area contributed by atoms with Crippen molar-refractivity contribution < 1.29 is 0 Å². The van der Waals surface area contributed by atoms with Crippen molar-refractivity contribution in [1.82, 2.24) is 9.88 Å². The van der Waals surface area contributed by atoms with Crippen LogP contribution in [0.2, 0.25) is 0 Å². The lowest BCUT2D eigenvalue weighted by molar-refractivity contribution is 0.272. The summed E-state index contributed by atoms with van der Waals surface area (Å²) in [6, 6.07) is 2.73. The minimum atomic E-state index is 0.571. The average molecular weight is 329 g/mol. The maximum Gasteiger partial charge on any atom is 0.133 e. The van der Waals surface area contributed by atoms with Crippen LogP contribution >= 0.6 is 0 Å². The fraction of sp³-hybridized carbons (Fsp3) is 0.600. The second-order valence-electron chi connectivity index (χ2n) is 6.53. The molecule has 1 N–H and O–H groups in total. The number of nitrogens with one attached hydrogen (secondary N) is 1. The summed E-state index contributed by atoms with van der Waals surface area (Å²) in [6.45, 7) is 5.45. The second-order valence-corrected chi connectivity index (χ2v) is 6.53. The molecule has 0 fully saturated rings. The van der Waals surface area contributed by atoms with E-state index in [4.69, 9.17) is 0 Å². The van der Waals surface area contributed by atoms with Crippen molar-refractivity contribution in [1.29, 1.82) is 0 Å². The Bertz CT molecular complexity index is 551. The number of aliphatic imine (C=N–C) groups is 1. The zero-order valence-electron chi connectivity index (χ0n) is 15.5. The van der Waals surface area contributed by atoms with Crippen LogP contribution in [-0.4, -0.2) is 29.3 Å². The highest BCUT2D eigenvalue weighted by molar-refractivity contribution is 5.57. The number of rotatable bonds is 10. The quantitative estimate of drug-likeness (QED) is 0.382. The number of pyridine rings is 1. The van der Waals surface area contributed by atoms with Gasteiger partial charge in [-0.1, -0.05) is 45.6 Å². The van der Waals surface area contributed by atoms with Gasteiger partial charge in [-0.25, -0.2) is 4.98 Å². The van der Waals surface area contributed by atoms with Gasteiger partial charge in [0, 0.05) is 31.4 Å². The normalized spacial score (nSPS) is 14.5. The van der Waals surface area contributed by atoms with E-state index in [2.05, 4.69) is 46.2 Å². The molecule has 0 saturated heterocycles. The van der Waals surface area contributed by atoms with Crippen LogP contribution in [0.25, 0.3) is 0 Å². The molecule has 1 unspecified atom stereocenters. The van der Waals surface area contributed by atoms with Gasteiger partial charge in [-0.3, -0.25) is 4.99 Å². The van der Waals surface area contributed by atoms with E-state index in [1.165, 1.54) is 49.7 Å². The summed E-state index contributed by atoms with van der Waals surface area (Å²) >= 11 is 0. The van der Waals surface area contributed by atoms with Crippen molar-refractivity contribution in [3.63, 3.8) is 0 Å². The largest absolute Gasteiger partial charge is 0.356 e. The molecule has 0 amide bonds. The molecule has 24 heavy (non-hydrogen) atoms. The van der Waals surface area contributed by atoms with E-state index in [0.29, 0.717) is 6.04 Å². The molecule has 0 aliphatic carbocycles. The third-order valence-electron chi connectivity index (χ3n) is 4.66. The lowest BCUT2D eigenvalue weighted by atomic mass is 10.00. The smallest absolute Gasteiger partial charge is 0.133 e. The highest BCUT2D eigenvalue weighted by Crippen LogP contribution is 2.24. The van der Waals surface area contributed by atoms with Crippen molar-refractivity contribution in [2.45, 2.75) is 71.4 Å². The Balaban J connectivity index is 2.15. The van der Waals surface area contributed by atoms with Crippen molar-refractivity contribution in [3.05, 3.63) is 35.7 Å². The van der Waals surface area contributed by atoms with Gasteiger partial charge in [0.15, 0.2) is 0 Å². The zero-order chi connectivity index (χ0) is 17.2. The van der Waals surface area contributed by atoms with E-state index >= 15 is 0 Å². The van der Waals surface area contributed by atoms with Crippen LogP contribution in [0.4, 0.5) is 5.82 Å². The Kier molecular flexibility index (Phi) is 7.80. The molecule has 2 heterocycles. The van der Waals surface area contributed by atoms with Crippen molar-refractivity contribution in [3.8, 4) is 0 Å². The Morgan fingerprint density at radius 3 is 2.92 bits per heavy atom. The highest BCUT2D eigenvalue weighted by atomic mass is 15.2. The minimum Gasteiger partial charge on any atom is -0.356 e. The van der Waals surface area contributed by atoms with Crippen molar-refractivity contribution in [2.24, 2.45) is 4.99 Å². The summed E-state index contributed by atoms with van der Waals surface area (Å²) in [5, 5.41) is 3.26. The van der Waals surface area contributed by atoms with E-state index in [1.807, 2.05) is 25.8 Å². The van der Waals surface area contributed by atoms with Crippen LogP contribution in [0.15, 0.2) is 29.5 Å². The lowest BCUT2D eigenvalue weighted by Crippen LogP contribution is -2.34. The first kappa shape index (κ1) is 18.5. The molecular weight excluding hydrogens is 296 g/mol. The van der Waals surface area contributed by atoms with Crippen LogP contribution in [0.3, 0.4) is 0 Å². The minimum absolute atomic E-state index is 0.571. The van der Waals surface area contributed by atoms with Crippen LogP contribution in [0.1, 0.15) is 63.5 Å². The van der Waals surface area contributed by atoms with Gasteiger partial charge >= 0.3 is 0 Å². The maximum absolute atomic E-state index is 4.46. The number of anilines is 1. The summed E-state index contributed by atoms with van der Waals surface area (Å²) < 4.78 is 0. The van der Waals surface area contributed by atoms with Gasteiger partial charge in [-0.05, 0) is 37.1 Å². The van der Waals surface area contributed by atoms with Gasteiger partial charge in [0.05, 0.1) is 6.34 Å². The lowest BCUT2D eigenvalue weighted by Gasteiger charge is -2.31. The van der Waals surface area contributed by atoms with Crippen molar-refractivity contribution in [2.75, 3.05) is 12.4 Å². The molecule has 1 aliphatic heterocycles. The summed E-state index contributed by atoms with van der Waals surface area (Å²) in [5.74, 6) is 1.00. The number of hydrogen-bond donors (Lipinski definition) is 1. The molecule has 0 bridgehead atoms. The molecule has 0 radical (unpaired) electrons. The van der Waals surface area contributed by atoms with Gasteiger partial charge in [-0.2, -0.15) is 0 Å². The van der Waals surface area contributed by atoms with E-state index < -0.39 is 0 Å².